The molecule has 1 heterocycles. The maximum atomic E-state index is 13.0. The van der Waals surface area contributed by atoms with Crippen LogP contribution < -0.4 is 10.6 Å². The van der Waals surface area contributed by atoms with E-state index in [-0.39, 0.29) is 11.7 Å². The van der Waals surface area contributed by atoms with Gasteiger partial charge in [0.1, 0.15) is 11.6 Å². The molecule has 0 atom stereocenters. The number of nitrogens with one attached hydrogen (secondary N) is 2. The summed E-state index contributed by atoms with van der Waals surface area (Å²) in [5.41, 5.74) is 2.67. The molecule has 4 nitrogen and oxygen atoms in total. The van der Waals surface area contributed by atoms with Crippen molar-refractivity contribution in [2.75, 3.05) is 10.6 Å². The van der Waals surface area contributed by atoms with Gasteiger partial charge in [0.05, 0.1) is 0 Å². The van der Waals surface area contributed by atoms with Crippen LogP contribution in [-0.2, 0) is 0 Å². The van der Waals surface area contributed by atoms with Crippen LogP contribution in [0.15, 0.2) is 60.8 Å². The summed E-state index contributed by atoms with van der Waals surface area (Å²) in [5, 5.41) is 6.41. The average Bonchev–Trinajstić information content (AvgIpc) is 2.60. The minimum absolute atomic E-state index is 0.274. The molecule has 1 aromatic heterocycles. The third-order valence-electron chi connectivity index (χ3n) is 3.57. The van der Waals surface area contributed by atoms with E-state index in [0.717, 1.165) is 5.56 Å². The molecule has 6 heteroatoms. The molecule has 0 saturated carbocycles. The Morgan fingerprint density at radius 3 is 2.48 bits per heavy atom. The van der Waals surface area contributed by atoms with Gasteiger partial charge in [0.15, 0.2) is 0 Å². The molecule has 0 aliphatic carbocycles. The molecule has 0 aliphatic rings. The first-order valence-electron chi connectivity index (χ1n) is 7.57. The lowest BCUT2D eigenvalue weighted by atomic mass is 10.2. The van der Waals surface area contributed by atoms with Crippen molar-refractivity contribution in [2.24, 2.45) is 0 Å². The van der Waals surface area contributed by atoms with Gasteiger partial charge in [0.25, 0.3) is 5.91 Å². The van der Waals surface area contributed by atoms with E-state index in [4.69, 9.17) is 11.6 Å². The van der Waals surface area contributed by atoms with Gasteiger partial charge >= 0.3 is 0 Å². The van der Waals surface area contributed by atoms with Crippen molar-refractivity contribution < 1.29 is 9.18 Å². The van der Waals surface area contributed by atoms with E-state index in [9.17, 15) is 9.18 Å². The highest BCUT2D eigenvalue weighted by atomic mass is 35.5. The summed E-state index contributed by atoms with van der Waals surface area (Å²) in [5.74, 6) is -0.103. The van der Waals surface area contributed by atoms with Crippen LogP contribution in [0.25, 0.3) is 0 Å². The third kappa shape index (κ3) is 4.33. The maximum Gasteiger partial charge on any atom is 0.255 e. The standard InChI is InChI=1S/C19H15ClFN3O/c1-12-2-5-16(11-17(12)20)24-19(25)13-8-9-22-18(10-13)23-15-6-3-14(21)4-7-15/h2-11H,1H3,(H,22,23)(H,24,25). The molecule has 25 heavy (non-hydrogen) atoms. The number of pyridine rings is 1. The second-order valence-corrected chi connectivity index (χ2v) is 5.89. The zero-order valence-corrected chi connectivity index (χ0v) is 14.1. The normalized spacial score (nSPS) is 10.4. The van der Waals surface area contributed by atoms with Gasteiger partial charge in [0, 0.05) is 28.2 Å². The van der Waals surface area contributed by atoms with Crippen molar-refractivity contribution >= 4 is 34.7 Å². The van der Waals surface area contributed by atoms with Crippen molar-refractivity contribution in [2.45, 2.75) is 6.92 Å². The molecule has 0 radical (unpaired) electrons. The molecule has 0 bridgehead atoms. The lowest BCUT2D eigenvalue weighted by molar-refractivity contribution is 0.102. The molecule has 126 valence electrons. The number of anilines is 3. The highest BCUT2D eigenvalue weighted by Gasteiger charge is 2.09. The number of carbonyl (C=O) groups excluding carboxylic acids is 1. The monoisotopic (exact) mass is 355 g/mol. The summed E-state index contributed by atoms with van der Waals surface area (Å²) in [6, 6.07) is 14.4. The van der Waals surface area contributed by atoms with Gasteiger partial charge in [-0.15, -0.1) is 0 Å². The Bertz CT molecular complexity index is 913. The fourth-order valence-electron chi connectivity index (χ4n) is 2.20. The van der Waals surface area contributed by atoms with Gasteiger partial charge in [-0.1, -0.05) is 17.7 Å². The van der Waals surface area contributed by atoms with E-state index in [1.165, 1.54) is 18.3 Å². The Labute approximate surface area is 149 Å². The molecular weight excluding hydrogens is 341 g/mol. The van der Waals surface area contributed by atoms with E-state index in [2.05, 4.69) is 15.6 Å². The van der Waals surface area contributed by atoms with E-state index >= 15 is 0 Å². The number of carbonyl (C=O) groups is 1. The number of rotatable bonds is 4. The van der Waals surface area contributed by atoms with Gasteiger partial charge in [-0.25, -0.2) is 9.37 Å². The highest BCUT2D eigenvalue weighted by Crippen LogP contribution is 2.21. The highest BCUT2D eigenvalue weighted by molar-refractivity contribution is 6.31. The van der Waals surface area contributed by atoms with Gasteiger partial charge in [-0.3, -0.25) is 4.79 Å². The molecule has 2 N–H and O–H groups in total. The topological polar surface area (TPSA) is 54.0 Å². The second kappa shape index (κ2) is 7.32. The third-order valence-corrected chi connectivity index (χ3v) is 3.98. The smallest absolute Gasteiger partial charge is 0.255 e. The minimum Gasteiger partial charge on any atom is -0.340 e. The Balaban J connectivity index is 1.74. The van der Waals surface area contributed by atoms with E-state index in [1.807, 2.05) is 13.0 Å². The zero-order valence-electron chi connectivity index (χ0n) is 13.4. The fraction of sp³-hybridized carbons (Fsp3) is 0.0526. The molecule has 1 amide bonds. The van der Waals surface area contributed by atoms with E-state index in [0.29, 0.717) is 27.8 Å². The van der Waals surface area contributed by atoms with Crippen LogP contribution in [-0.4, -0.2) is 10.9 Å². The quantitative estimate of drug-likeness (QED) is 0.678. The summed E-state index contributed by atoms with van der Waals surface area (Å²) in [4.78, 5) is 16.6. The first-order valence-corrected chi connectivity index (χ1v) is 7.95. The second-order valence-electron chi connectivity index (χ2n) is 5.48. The molecule has 3 rings (SSSR count). The number of aryl methyl sites for hydroxylation is 1. The summed E-state index contributed by atoms with van der Waals surface area (Å²) in [6.45, 7) is 1.89. The molecule has 0 saturated heterocycles. The summed E-state index contributed by atoms with van der Waals surface area (Å²) in [7, 11) is 0. The Morgan fingerprint density at radius 1 is 1.04 bits per heavy atom. The van der Waals surface area contributed by atoms with Crippen LogP contribution in [0, 0.1) is 12.7 Å². The number of benzene rings is 2. The van der Waals surface area contributed by atoms with Crippen LogP contribution in [0.1, 0.15) is 15.9 Å². The number of halogens is 2. The van der Waals surface area contributed by atoms with Crippen LogP contribution >= 0.6 is 11.6 Å². The van der Waals surface area contributed by atoms with Crippen molar-refractivity contribution in [1.82, 2.24) is 4.98 Å². The molecule has 0 spiro atoms. The van der Waals surface area contributed by atoms with E-state index in [1.54, 1.807) is 36.4 Å². The summed E-state index contributed by atoms with van der Waals surface area (Å²) in [6.07, 6.45) is 1.53. The number of hydrogen-bond donors (Lipinski definition) is 2. The Kier molecular flexibility index (Phi) is 4.95. The van der Waals surface area contributed by atoms with Crippen molar-refractivity contribution in [3.63, 3.8) is 0 Å². The summed E-state index contributed by atoms with van der Waals surface area (Å²) < 4.78 is 13.0. The molecule has 0 fully saturated rings. The summed E-state index contributed by atoms with van der Waals surface area (Å²) >= 11 is 6.07. The van der Waals surface area contributed by atoms with Crippen LogP contribution in [0.3, 0.4) is 0 Å². The first kappa shape index (κ1) is 16.9. The molecule has 3 aromatic rings. The Hall–Kier alpha value is -2.92. The lowest BCUT2D eigenvalue weighted by Gasteiger charge is -2.09. The molecule has 2 aromatic carbocycles. The molecule has 0 unspecified atom stereocenters. The molecule has 0 aliphatic heterocycles. The Morgan fingerprint density at radius 2 is 1.76 bits per heavy atom. The zero-order chi connectivity index (χ0) is 17.8. The van der Waals surface area contributed by atoms with Crippen molar-refractivity contribution in [3.8, 4) is 0 Å². The number of aromatic nitrogens is 1. The van der Waals surface area contributed by atoms with Gasteiger partial charge < -0.3 is 10.6 Å². The maximum absolute atomic E-state index is 13.0. The van der Waals surface area contributed by atoms with Gasteiger partial charge in [-0.2, -0.15) is 0 Å². The van der Waals surface area contributed by atoms with Crippen molar-refractivity contribution in [1.29, 1.82) is 0 Å². The minimum atomic E-state index is -0.316. The number of hydrogen-bond acceptors (Lipinski definition) is 3. The van der Waals surface area contributed by atoms with Crippen LogP contribution in [0.4, 0.5) is 21.6 Å². The number of nitrogens with zero attached hydrogens (tertiary/aromatic N) is 1. The number of amides is 1. The average molecular weight is 356 g/mol. The fourth-order valence-corrected chi connectivity index (χ4v) is 2.38. The SMILES string of the molecule is Cc1ccc(NC(=O)c2ccnc(Nc3ccc(F)cc3)c2)cc1Cl. The van der Waals surface area contributed by atoms with Gasteiger partial charge in [-0.05, 0) is 61.0 Å². The van der Waals surface area contributed by atoms with Crippen LogP contribution in [0.2, 0.25) is 5.02 Å². The predicted octanol–water partition coefficient (Wildman–Crippen LogP) is 5.18. The molecular formula is C19H15ClFN3O. The van der Waals surface area contributed by atoms with Gasteiger partial charge in [0.2, 0.25) is 0 Å². The van der Waals surface area contributed by atoms with Crippen LogP contribution in [0.5, 0.6) is 0 Å². The first-order chi connectivity index (χ1) is 12.0. The van der Waals surface area contributed by atoms with Crippen molar-refractivity contribution in [3.05, 3.63) is 82.8 Å². The predicted molar refractivity (Wildman–Crippen MR) is 98.1 cm³/mol. The largest absolute Gasteiger partial charge is 0.340 e. The van der Waals surface area contributed by atoms with E-state index < -0.39 is 0 Å². The lowest BCUT2D eigenvalue weighted by Crippen LogP contribution is -2.12.